The monoisotopic (exact) mass is 443 g/mol. The Morgan fingerprint density at radius 3 is 2.62 bits per heavy atom. The molecule has 2 aliphatic rings. The Morgan fingerprint density at radius 2 is 2.00 bits per heavy atom. The van der Waals surface area contributed by atoms with Gasteiger partial charge in [0, 0.05) is 0 Å². The van der Waals surface area contributed by atoms with Gasteiger partial charge in [-0.25, -0.2) is 13.9 Å². The molecule has 170 valence electrons. The number of nitrogens with zero attached hydrogens (tertiary/aromatic N) is 5. The Kier molecular flexibility index (Phi) is 5.43. The minimum Gasteiger partial charge on any atom is -0.323 e. The molecule has 2 heterocycles. The van der Waals surface area contributed by atoms with Crippen LogP contribution in [0.5, 0.6) is 0 Å². The highest BCUT2D eigenvalue weighted by Gasteiger charge is 2.53. The number of carbonyl (C=O) groups is 3. The minimum absolute atomic E-state index is 0.101. The van der Waals surface area contributed by atoms with E-state index in [9.17, 15) is 18.8 Å². The second-order valence-electron chi connectivity index (χ2n) is 9.51. The van der Waals surface area contributed by atoms with Gasteiger partial charge in [-0.15, -0.1) is 5.10 Å². The Bertz CT molecular complexity index is 1040. The molecule has 1 saturated carbocycles. The summed E-state index contributed by atoms with van der Waals surface area (Å²) in [5.74, 6) is -1.27. The molecule has 0 atom stereocenters. The van der Waals surface area contributed by atoms with Crippen molar-refractivity contribution in [1.82, 2.24) is 30.4 Å². The molecular formula is C21H26FN7O3. The Labute approximate surface area is 184 Å². The number of urea groups is 1. The van der Waals surface area contributed by atoms with Crippen LogP contribution in [0, 0.1) is 17.2 Å². The van der Waals surface area contributed by atoms with Gasteiger partial charge in [0.15, 0.2) is 0 Å². The number of tetrazole rings is 1. The summed E-state index contributed by atoms with van der Waals surface area (Å²) in [7, 11) is 0. The Morgan fingerprint density at radius 1 is 1.28 bits per heavy atom. The lowest BCUT2D eigenvalue weighted by molar-refractivity contribution is -0.135. The molecular weight excluding hydrogens is 417 g/mol. The molecule has 1 aromatic heterocycles. The van der Waals surface area contributed by atoms with Crippen molar-refractivity contribution in [2.75, 3.05) is 11.9 Å². The highest BCUT2D eigenvalue weighted by atomic mass is 19.1. The Hall–Kier alpha value is -3.37. The fourth-order valence-electron chi connectivity index (χ4n) is 4.50. The van der Waals surface area contributed by atoms with E-state index in [0.29, 0.717) is 24.4 Å². The average molecular weight is 443 g/mol. The van der Waals surface area contributed by atoms with E-state index in [4.69, 9.17) is 0 Å². The zero-order valence-electron chi connectivity index (χ0n) is 18.3. The van der Waals surface area contributed by atoms with Crippen molar-refractivity contribution in [3.05, 3.63) is 30.3 Å². The third-order valence-electron chi connectivity index (χ3n) is 6.45. The summed E-state index contributed by atoms with van der Waals surface area (Å²) in [6.45, 7) is 6.03. The number of carbonyl (C=O) groups excluding carboxylic acids is 3. The standard InChI is InChI=1S/C21H26FN7O3/c1-20(2,3)13-6-8-21(9-7-13)18(31)28(19(32)25-21)11-17(30)24-16-10-14(4-5-15(16)22)29-12-23-26-27-29/h4-5,10,12-13H,6-9,11H2,1-3H3,(H,24,30)(H,25,32). The SMILES string of the molecule is CC(C)(C)C1CCC2(CC1)NC(=O)N(CC(=O)Nc1cc(-n3cnnn3)ccc1F)C2=O. The molecule has 1 aliphatic carbocycles. The van der Waals surface area contributed by atoms with Gasteiger partial charge in [0.25, 0.3) is 5.91 Å². The van der Waals surface area contributed by atoms with Crippen LogP contribution in [-0.2, 0) is 9.59 Å². The number of rotatable bonds is 4. The van der Waals surface area contributed by atoms with Crippen LogP contribution in [-0.4, -0.2) is 55.0 Å². The molecule has 0 radical (unpaired) electrons. The van der Waals surface area contributed by atoms with Crippen LogP contribution < -0.4 is 10.6 Å². The topological polar surface area (TPSA) is 122 Å². The van der Waals surface area contributed by atoms with E-state index in [-0.39, 0.29) is 11.1 Å². The summed E-state index contributed by atoms with van der Waals surface area (Å²) >= 11 is 0. The first-order valence-corrected chi connectivity index (χ1v) is 10.6. The van der Waals surface area contributed by atoms with E-state index in [1.54, 1.807) is 0 Å². The zero-order chi connectivity index (χ0) is 23.1. The molecule has 0 bridgehead atoms. The van der Waals surface area contributed by atoms with Gasteiger partial charge in [-0.2, -0.15) is 0 Å². The fraction of sp³-hybridized carbons (Fsp3) is 0.524. The van der Waals surface area contributed by atoms with Crippen molar-refractivity contribution in [3.63, 3.8) is 0 Å². The molecule has 0 unspecified atom stereocenters. The van der Waals surface area contributed by atoms with Crippen molar-refractivity contribution in [3.8, 4) is 5.69 Å². The molecule has 11 heteroatoms. The summed E-state index contributed by atoms with van der Waals surface area (Å²) in [5, 5.41) is 16.0. The number of hydrogen-bond donors (Lipinski definition) is 2. The maximum absolute atomic E-state index is 14.2. The van der Waals surface area contributed by atoms with Crippen LogP contribution in [0.1, 0.15) is 46.5 Å². The van der Waals surface area contributed by atoms with Gasteiger partial charge in [-0.1, -0.05) is 20.8 Å². The average Bonchev–Trinajstić information content (AvgIpc) is 3.34. The molecule has 1 spiro atoms. The summed E-state index contributed by atoms with van der Waals surface area (Å²) < 4.78 is 15.5. The summed E-state index contributed by atoms with van der Waals surface area (Å²) in [5.41, 5.74) is -0.482. The Balaban J connectivity index is 1.43. The van der Waals surface area contributed by atoms with E-state index < -0.39 is 35.7 Å². The van der Waals surface area contributed by atoms with E-state index >= 15 is 0 Å². The van der Waals surface area contributed by atoms with Crippen molar-refractivity contribution in [2.24, 2.45) is 11.3 Å². The van der Waals surface area contributed by atoms with Gasteiger partial charge in [0.1, 0.15) is 24.2 Å². The normalized spacial score (nSPS) is 23.5. The third-order valence-corrected chi connectivity index (χ3v) is 6.45. The van der Waals surface area contributed by atoms with Crippen LogP contribution in [0.4, 0.5) is 14.9 Å². The van der Waals surface area contributed by atoms with Crippen LogP contribution in [0.2, 0.25) is 0 Å². The first-order chi connectivity index (χ1) is 15.1. The smallest absolute Gasteiger partial charge is 0.323 e. The van der Waals surface area contributed by atoms with Crippen LogP contribution in [0.15, 0.2) is 24.5 Å². The maximum atomic E-state index is 14.2. The van der Waals surface area contributed by atoms with Gasteiger partial charge in [0.2, 0.25) is 5.91 Å². The molecule has 4 amide bonds. The molecule has 1 aromatic carbocycles. The third kappa shape index (κ3) is 4.06. The van der Waals surface area contributed by atoms with Crippen LogP contribution in [0.3, 0.4) is 0 Å². The minimum atomic E-state index is -0.954. The second-order valence-corrected chi connectivity index (χ2v) is 9.51. The molecule has 2 fully saturated rings. The number of imide groups is 1. The largest absolute Gasteiger partial charge is 0.325 e. The lowest BCUT2D eigenvalue weighted by Crippen LogP contribution is -2.51. The molecule has 32 heavy (non-hydrogen) atoms. The number of halogens is 1. The number of amides is 4. The molecule has 4 rings (SSSR count). The van der Waals surface area contributed by atoms with Crippen molar-refractivity contribution < 1.29 is 18.8 Å². The second kappa shape index (κ2) is 7.95. The first-order valence-electron chi connectivity index (χ1n) is 10.6. The van der Waals surface area contributed by atoms with Gasteiger partial charge in [-0.05, 0) is 65.6 Å². The summed E-state index contributed by atoms with van der Waals surface area (Å²) in [4.78, 5) is 39.1. The van der Waals surface area contributed by atoms with Gasteiger partial charge >= 0.3 is 6.03 Å². The number of anilines is 1. The molecule has 10 nitrogen and oxygen atoms in total. The van der Waals surface area contributed by atoms with Gasteiger partial charge in [0.05, 0.1) is 11.4 Å². The highest BCUT2D eigenvalue weighted by molar-refractivity contribution is 6.10. The highest BCUT2D eigenvalue weighted by Crippen LogP contribution is 2.43. The van der Waals surface area contributed by atoms with Crippen molar-refractivity contribution >= 4 is 23.5 Å². The zero-order valence-corrected chi connectivity index (χ0v) is 18.3. The quantitative estimate of drug-likeness (QED) is 0.699. The lowest BCUT2D eigenvalue weighted by atomic mass is 9.67. The van der Waals surface area contributed by atoms with E-state index in [2.05, 4.69) is 46.9 Å². The first kappa shape index (κ1) is 21.8. The summed E-state index contributed by atoms with van der Waals surface area (Å²) in [6, 6.07) is 3.40. The van der Waals surface area contributed by atoms with Crippen LogP contribution in [0.25, 0.3) is 5.69 Å². The molecule has 2 N–H and O–H groups in total. The number of aromatic nitrogens is 4. The fourth-order valence-corrected chi connectivity index (χ4v) is 4.50. The lowest BCUT2D eigenvalue weighted by Gasteiger charge is -2.40. The molecule has 1 aliphatic heterocycles. The van der Waals surface area contributed by atoms with E-state index in [1.165, 1.54) is 29.2 Å². The predicted molar refractivity (Wildman–Crippen MR) is 112 cm³/mol. The number of nitrogens with one attached hydrogen (secondary N) is 2. The molecule has 1 saturated heterocycles. The van der Waals surface area contributed by atoms with E-state index in [0.717, 1.165) is 17.7 Å². The van der Waals surface area contributed by atoms with Gasteiger partial charge < -0.3 is 10.6 Å². The number of hydrogen-bond acceptors (Lipinski definition) is 6. The number of benzene rings is 1. The molecule has 2 aromatic rings. The predicted octanol–water partition coefficient (Wildman–Crippen LogP) is 2.27. The van der Waals surface area contributed by atoms with Crippen molar-refractivity contribution in [2.45, 2.75) is 52.0 Å². The van der Waals surface area contributed by atoms with Crippen LogP contribution >= 0.6 is 0 Å². The van der Waals surface area contributed by atoms with Gasteiger partial charge in [-0.3, -0.25) is 14.5 Å². The van der Waals surface area contributed by atoms with E-state index in [1.807, 2.05) is 0 Å². The van der Waals surface area contributed by atoms with Crippen molar-refractivity contribution in [1.29, 1.82) is 0 Å². The summed E-state index contributed by atoms with van der Waals surface area (Å²) in [6.07, 6.45) is 4.07. The maximum Gasteiger partial charge on any atom is 0.325 e.